The zero-order valence-electron chi connectivity index (χ0n) is 10.2. The van der Waals surface area contributed by atoms with Crippen LogP contribution in [0.15, 0.2) is 18.2 Å². The second kappa shape index (κ2) is 5.77. The Labute approximate surface area is 102 Å². The lowest BCUT2D eigenvalue weighted by Crippen LogP contribution is -2.22. The maximum absolute atomic E-state index is 5.67. The van der Waals surface area contributed by atoms with Crippen LogP contribution in [0.1, 0.15) is 13.3 Å². The molecule has 94 valence electrons. The van der Waals surface area contributed by atoms with Crippen LogP contribution in [-0.2, 0) is 0 Å². The van der Waals surface area contributed by atoms with Crippen LogP contribution in [0.4, 0.5) is 5.69 Å². The van der Waals surface area contributed by atoms with E-state index in [9.17, 15) is 0 Å². The summed E-state index contributed by atoms with van der Waals surface area (Å²) < 4.78 is 11.0. The lowest BCUT2D eigenvalue weighted by molar-refractivity contribution is 0.171. The molecule has 4 nitrogen and oxygen atoms in total. The fraction of sp³-hybridized carbons (Fsp3) is 0.538. The third-order valence-electron chi connectivity index (χ3n) is 3.05. The van der Waals surface area contributed by atoms with Crippen molar-refractivity contribution >= 4 is 5.69 Å². The van der Waals surface area contributed by atoms with Gasteiger partial charge in [0.2, 0.25) is 0 Å². The number of benzene rings is 1. The van der Waals surface area contributed by atoms with Crippen molar-refractivity contribution in [2.75, 3.05) is 31.6 Å². The van der Waals surface area contributed by atoms with Gasteiger partial charge < -0.3 is 20.5 Å². The maximum Gasteiger partial charge on any atom is 0.163 e. The average molecular weight is 236 g/mol. The highest BCUT2D eigenvalue weighted by Gasteiger charge is 2.12. The number of rotatable bonds is 5. The van der Waals surface area contributed by atoms with Gasteiger partial charge in [-0.3, -0.25) is 0 Å². The van der Waals surface area contributed by atoms with Gasteiger partial charge in [-0.2, -0.15) is 0 Å². The smallest absolute Gasteiger partial charge is 0.163 e. The number of nitrogens with two attached hydrogens (primary N) is 1. The van der Waals surface area contributed by atoms with Crippen LogP contribution in [0.25, 0.3) is 0 Å². The van der Waals surface area contributed by atoms with E-state index in [1.54, 1.807) is 0 Å². The third-order valence-corrected chi connectivity index (χ3v) is 3.05. The van der Waals surface area contributed by atoms with Crippen LogP contribution in [0.5, 0.6) is 11.5 Å². The molecule has 1 aromatic carbocycles. The number of hydrogen-bond acceptors (Lipinski definition) is 4. The van der Waals surface area contributed by atoms with Crippen LogP contribution in [0.2, 0.25) is 0 Å². The molecule has 1 aliphatic heterocycles. The lowest BCUT2D eigenvalue weighted by Gasteiger charge is -2.20. The molecule has 0 aromatic heterocycles. The summed E-state index contributed by atoms with van der Waals surface area (Å²) in [6.07, 6.45) is 1.09. The fourth-order valence-corrected chi connectivity index (χ4v) is 1.81. The molecule has 0 radical (unpaired) electrons. The van der Waals surface area contributed by atoms with Crippen molar-refractivity contribution in [2.45, 2.75) is 13.3 Å². The molecule has 4 heteroatoms. The van der Waals surface area contributed by atoms with E-state index in [-0.39, 0.29) is 0 Å². The highest BCUT2D eigenvalue weighted by Crippen LogP contribution is 2.32. The Kier molecular flexibility index (Phi) is 4.09. The minimum atomic E-state index is 0.517. The van der Waals surface area contributed by atoms with E-state index in [0.29, 0.717) is 25.7 Å². The first-order valence-corrected chi connectivity index (χ1v) is 6.17. The van der Waals surface area contributed by atoms with Gasteiger partial charge in [0.25, 0.3) is 0 Å². The molecule has 0 saturated carbocycles. The molecule has 0 saturated heterocycles. The second-order valence-electron chi connectivity index (χ2n) is 4.25. The molecular formula is C13H20N2O2. The first kappa shape index (κ1) is 12.0. The SMILES string of the molecule is CCC(CN)CNc1ccc2c(c1)OCCO2. The van der Waals surface area contributed by atoms with Crippen molar-refractivity contribution in [3.05, 3.63) is 18.2 Å². The summed E-state index contributed by atoms with van der Waals surface area (Å²) in [6.45, 7) is 5.02. The number of anilines is 1. The largest absolute Gasteiger partial charge is 0.486 e. The molecule has 1 atom stereocenters. The Bertz CT molecular complexity index is 364. The molecule has 1 aliphatic rings. The van der Waals surface area contributed by atoms with Crippen LogP contribution >= 0.6 is 0 Å². The Morgan fingerprint density at radius 1 is 1.29 bits per heavy atom. The Balaban J connectivity index is 1.97. The first-order valence-electron chi connectivity index (χ1n) is 6.17. The molecule has 0 spiro atoms. The molecule has 1 heterocycles. The van der Waals surface area contributed by atoms with Crippen LogP contribution in [0, 0.1) is 5.92 Å². The standard InChI is InChI=1S/C13H20N2O2/c1-2-10(8-14)9-15-11-3-4-12-13(7-11)17-6-5-16-12/h3-4,7,10,15H,2,5-6,8-9,14H2,1H3. The van der Waals surface area contributed by atoms with Gasteiger partial charge in [-0.05, 0) is 24.6 Å². The maximum atomic E-state index is 5.67. The summed E-state index contributed by atoms with van der Waals surface area (Å²) in [4.78, 5) is 0. The fourth-order valence-electron chi connectivity index (χ4n) is 1.81. The molecule has 3 N–H and O–H groups in total. The molecule has 17 heavy (non-hydrogen) atoms. The van der Waals surface area contributed by atoms with Crippen molar-refractivity contribution in [2.24, 2.45) is 11.7 Å². The minimum absolute atomic E-state index is 0.517. The summed E-state index contributed by atoms with van der Waals surface area (Å²) >= 11 is 0. The van der Waals surface area contributed by atoms with Crippen molar-refractivity contribution in [1.29, 1.82) is 0 Å². The zero-order chi connectivity index (χ0) is 12.1. The molecule has 1 unspecified atom stereocenters. The van der Waals surface area contributed by atoms with E-state index in [4.69, 9.17) is 15.2 Å². The Morgan fingerprint density at radius 2 is 2.06 bits per heavy atom. The second-order valence-corrected chi connectivity index (χ2v) is 4.25. The monoisotopic (exact) mass is 236 g/mol. The van der Waals surface area contributed by atoms with E-state index < -0.39 is 0 Å². The first-order chi connectivity index (χ1) is 8.33. The van der Waals surface area contributed by atoms with Crippen molar-refractivity contribution < 1.29 is 9.47 Å². The highest BCUT2D eigenvalue weighted by atomic mass is 16.6. The van der Waals surface area contributed by atoms with Gasteiger partial charge in [-0.1, -0.05) is 13.3 Å². The Morgan fingerprint density at radius 3 is 2.76 bits per heavy atom. The average Bonchev–Trinajstić information content (AvgIpc) is 2.40. The number of nitrogens with one attached hydrogen (secondary N) is 1. The molecule has 1 aromatic rings. The summed E-state index contributed by atoms with van der Waals surface area (Å²) in [5, 5.41) is 3.38. The zero-order valence-corrected chi connectivity index (χ0v) is 10.2. The van der Waals surface area contributed by atoms with Gasteiger partial charge in [0.1, 0.15) is 13.2 Å². The van der Waals surface area contributed by atoms with E-state index >= 15 is 0 Å². The van der Waals surface area contributed by atoms with Crippen molar-refractivity contribution in [3.8, 4) is 11.5 Å². The van der Waals surface area contributed by atoms with Crippen molar-refractivity contribution in [3.63, 3.8) is 0 Å². The molecule has 0 bridgehead atoms. The van der Waals surface area contributed by atoms with Gasteiger partial charge in [-0.15, -0.1) is 0 Å². The van der Waals surface area contributed by atoms with E-state index in [1.807, 2.05) is 18.2 Å². The van der Waals surface area contributed by atoms with Crippen LogP contribution in [0.3, 0.4) is 0 Å². The quantitative estimate of drug-likeness (QED) is 0.819. The van der Waals surface area contributed by atoms with Gasteiger partial charge in [0, 0.05) is 18.3 Å². The van der Waals surface area contributed by atoms with Crippen molar-refractivity contribution in [1.82, 2.24) is 0 Å². The topological polar surface area (TPSA) is 56.5 Å². The summed E-state index contributed by atoms with van der Waals surface area (Å²) in [6, 6.07) is 5.94. The number of ether oxygens (including phenoxy) is 2. The highest BCUT2D eigenvalue weighted by molar-refractivity contribution is 5.55. The predicted molar refractivity (Wildman–Crippen MR) is 68.8 cm³/mol. The van der Waals surface area contributed by atoms with Crippen LogP contribution in [-0.4, -0.2) is 26.3 Å². The van der Waals surface area contributed by atoms with Gasteiger partial charge >= 0.3 is 0 Å². The number of hydrogen-bond donors (Lipinski definition) is 2. The summed E-state index contributed by atoms with van der Waals surface area (Å²) in [5.74, 6) is 2.16. The molecule has 0 fully saturated rings. The molecule has 2 rings (SSSR count). The lowest BCUT2D eigenvalue weighted by atomic mass is 10.1. The normalized spacial score (nSPS) is 15.4. The number of fused-ring (bicyclic) bond motifs is 1. The summed E-state index contributed by atoms with van der Waals surface area (Å²) in [5.41, 5.74) is 6.73. The van der Waals surface area contributed by atoms with Gasteiger partial charge in [0.05, 0.1) is 0 Å². The van der Waals surface area contributed by atoms with Gasteiger partial charge in [0.15, 0.2) is 11.5 Å². The van der Waals surface area contributed by atoms with E-state index in [1.165, 1.54) is 0 Å². The summed E-state index contributed by atoms with van der Waals surface area (Å²) in [7, 11) is 0. The van der Waals surface area contributed by atoms with Gasteiger partial charge in [-0.25, -0.2) is 0 Å². The van der Waals surface area contributed by atoms with E-state index in [0.717, 1.165) is 30.2 Å². The third kappa shape index (κ3) is 3.03. The molecule has 0 amide bonds. The van der Waals surface area contributed by atoms with E-state index in [2.05, 4.69) is 12.2 Å². The molecule has 0 aliphatic carbocycles. The predicted octanol–water partition coefficient (Wildman–Crippen LogP) is 1.85. The Hall–Kier alpha value is -1.42. The minimum Gasteiger partial charge on any atom is -0.486 e. The van der Waals surface area contributed by atoms with Crippen LogP contribution < -0.4 is 20.5 Å². The molecular weight excluding hydrogens is 216 g/mol.